The monoisotopic (exact) mass is 433 g/mol. The van der Waals surface area contributed by atoms with E-state index in [1.165, 1.54) is 44.9 Å². The van der Waals surface area contributed by atoms with Crippen LogP contribution in [0.2, 0.25) is 0 Å². The Hall–Kier alpha value is -1.75. The molecule has 0 aromatic heterocycles. The molecule has 30 heavy (non-hydrogen) atoms. The van der Waals surface area contributed by atoms with Gasteiger partial charge in [0.1, 0.15) is 5.75 Å². The number of phenolic OH excluding ortho intramolecular Hbond substituents is 1. The molecule has 1 rings (SSSR count). The van der Waals surface area contributed by atoms with Crippen molar-refractivity contribution < 1.29 is 14.7 Å². The minimum atomic E-state index is -0.445. The number of phenols is 1. The van der Waals surface area contributed by atoms with Gasteiger partial charge in [-0.3, -0.25) is 9.59 Å². The minimum Gasteiger partial charge on any atom is -0.507 e. The van der Waals surface area contributed by atoms with Gasteiger partial charge in [-0.1, -0.05) is 63.3 Å². The van der Waals surface area contributed by atoms with E-state index in [4.69, 9.17) is 0 Å². The van der Waals surface area contributed by atoms with Crippen LogP contribution in [0.15, 0.2) is 41.3 Å². The van der Waals surface area contributed by atoms with Crippen molar-refractivity contribution in [2.75, 3.05) is 12.3 Å². The molecule has 2 N–H and O–H groups in total. The van der Waals surface area contributed by atoms with Gasteiger partial charge in [-0.25, -0.2) is 0 Å². The first-order valence-electron chi connectivity index (χ1n) is 11.5. The minimum absolute atomic E-state index is 0.272. The highest BCUT2D eigenvalue weighted by molar-refractivity contribution is 7.99. The normalized spacial score (nSPS) is 11.1. The fourth-order valence-electron chi connectivity index (χ4n) is 3.09. The smallest absolute Gasteiger partial charge is 0.287 e. The Morgan fingerprint density at radius 1 is 0.900 bits per heavy atom. The number of ketones is 1. The van der Waals surface area contributed by atoms with Crippen molar-refractivity contribution in [3.63, 3.8) is 0 Å². The van der Waals surface area contributed by atoms with Gasteiger partial charge in [0.15, 0.2) is 0 Å². The lowest BCUT2D eigenvalue weighted by atomic mass is 10.1. The van der Waals surface area contributed by atoms with Crippen LogP contribution in [0.3, 0.4) is 0 Å². The highest BCUT2D eigenvalue weighted by atomic mass is 32.2. The number of aromatic hydroxyl groups is 1. The molecule has 1 aromatic rings. The first-order chi connectivity index (χ1) is 14.6. The van der Waals surface area contributed by atoms with Crippen LogP contribution in [0.1, 0.15) is 84.0 Å². The van der Waals surface area contributed by atoms with E-state index in [1.54, 1.807) is 24.8 Å². The van der Waals surface area contributed by atoms with Gasteiger partial charge in [-0.2, -0.15) is 0 Å². The number of carbonyl (C=O) groups is 2. The van der Waals surface area contributed by atoms with E-state index in [9.17, 15) is 14.7 Å². The van der Waals surface area contributed by atoms with Gasteiger partial charge in [0.25, 0.3) is 5.91 Å². The van der Waals surface area contributed by atoms with Gasteiger partial charge >= 0.3 is 0 Å². The number of hydrogen-bond acceptors (Lipinski definition) is 4. The Balaban J connectivity index is 1.81. The Kier molecular flexibility index (Phi) is 15.8. The predicted octanol–water partition coefficient (Wildman–Crippen LogP) is 6.43. The molecule has 0 aliphatic rings. The lowest BCUT2D eigenvalue weighted by molar-refractivity contribution is -0.137. The molecule has 4 nitrogen and oxygen atoms in total. The molecule has 0 saturated carbocycles. The van der Waals surface area contributed by atoms with Gasteiger partial charge in [0.05, 0.1) is 0 Å². The Bertz CT molecular complexity index is 631. The van der Waals surface area contributed by atoms with E-state index in [2.05, 4.69) is 17.5 Å². The van der Waals surface area contributed by atoms with E-state index in [-0.39, 0.29) is 12.2 Å². The molecule has 1 amide bonds. The summed E-state index contributed by atoms with van der Waals surface area (Å²) in [7, 11) is 0. The summed E-state index contributed by atoms with van der Waals surface area (Å²) >= 11 is 1.75. The number of carbonyl (C=O) groups excluding carboxylic acids is 2. The quantitative estimate of drug-likeness (QED) is 0.121. The van der Waals surface area contributed by atoms with Crippen LogP contribution in [0, 0.1) is 0 Å². The third kappa shape index (κ3) is 13.5. The maximum atomic E-state index is 11.3. The molecular weight excluding hydrogens is 394 g/mol. The maximum absolute atomic E-state index is 11.3. The topological polar surface area (TPSA) is 66.4 Å². The zero-order chi connectivity index (χ0) is 21.9. The number of rotatable bonds is 18. The summed E-state index contributed by atoms with van der Waals surface area (Å²) in [6, 6.07) is 7.56. The number of hydrogen-bond donors (Lipinski definition) is 2. The third-order valence-corrected chi connectivity index (χ3v) is 6.11. The van der Waals surface area contributed by atoms with E-state index in [0.717, 1.165) is 36.3 Å². The third-order valence-electron chi connectivity index (χ3n) is 4.96. The second-order valence-electron chi connectivity index (χ2n) is 7.58. The van der Waals surface area contributed by atoms with E-state index < -0.39 is 5.91 Å². The van der Waals surface area contributed by atoms with Crippen molar-refractivity contribution in [1.82, 2.24) is 5.32 Å². The molecule has 168 valence electrons. The van der Waals surface area contributed by atoms with Crippen LogP contribution in [-0.4, -0.2) is 29.1 Å². The van der Waals surface area contributed by atoms with Crippen LogP contribution >= 0.6 is 11.8 Å². The lowest BCUT2D eigenvalue weighted by Crippen LogP contribution is -2.31. The zero-order valence-corrected chi connectivity index (χ0v) is 19.4. The fraction of sp³-hybridized carbons (Fsp3) is 0.600. The summed E-state index contributed by atoms with van der Waals surface area (Å²) in [4.78, 5) is 23.4. The number of amides is 1. The van der Waals surface area contributed by atoms with Gasteiger partial charge in [-0.05, 0) is 56.4 Å². The van der Waals surface area contributed by atoms with Crippen molar-refractivity contribution in [3.8, 4) is 5.75 Å². The molecule has 0 aliphatic heterocycles. The van der Waals surface area contributed by atoms with Gasteiger partial charge in [0, 0.05) is 17.9 Å². The van der Waals surface area contributed by atoms with Crippen molar-refractivity contribution in [2.45, 2.75) is 88.9 Å². The van der Waals surface area contributed by atoms with Crippen LogP contribution in [0.25, 0.3) is 0 Å². The molecule has 0 spiro atoms. The predicted molar refractivity (Wildman–Crippen MR) is 127 cm³/mol. The number of thioether (sulfide) groups is 1. The highest BCUT2D eigenvalue weighted by Gasteiger charge is 2.08. The van der Waals surface area contributed by atoms with E-state index in [0.29, 0.717) is 12.3 Å². The summed E-state index contributed by atoms with van der Waals surface area (Å²) in [5.41, 5.74) is 0. The standard InChI is InChI=1S/C25H39NO3S/c1-2-22(27)25(29)26-20-16-12-10-8-6-4-3-5-7-9-11-13-17-21-30-24-19-15-14-18-23(24)28/h6,8,14-15,18-19,28H,2-5,7,9-13,16-17,20-21H2,1H3,(H,26,29)/b8-6-. The van der Waals surface area contributed by atoms with Crippen molar-refractivity contribution in [1.29, 1.82) is 0 Å². The highest BCUT2D eigenvalue weighted by Crippen LogP contribution is 2.28. The van der Waals surface area contributed by atoms with Crippen LogP contribution in [0.4, 0.5) is 0 Å². The molecule has 0 radical (unpaired) electrons. The number of benzene rings is 1. The number of allylic oxidation sites excluding steroid dienone is 2. The summed E-state index contributed by atoms with van der Waals surface area (Å²) in [6.07, 6.45) is 17.9. The second-order valence-corrected chi connectivity index (χ2v) is 8.72. The van der Waals surface area contributed by atoms with Gasteiger partial charge < -0.3 is 10.4 Å². The molecule has 0 fully saturated rings. The largest absolute Gasteiger partial charge is 0.507 e. The first-order valence-corrected chi connectivity index (χ1v) is 12.5. The van der Waals surface area contributed by atoms with Gasteiger partial charge in [-0.15, -0.1) is 11.8 Å². The van der Waals surface area contributed by atoms with Gasteiger partial charge in [0.2, 0.25) is 5.78 Å². The summed E-state index contributed by atoms with van der Waals surface area (Å²) in [5.74, 6) is 0.689. The average molecular weight is 434 g/mol. The second kappa shape index (κ2) is 18.1. The van der Waals surface area contributed by atoms with E-state index >= 15 is 0 Å². The lowest BCUT2D eigenvalue weighted by Gasteiger charge is -2.04. The number of unbranched alkanes of at least 4 members (excludes halogenated alkanes) is 9. The number of nitrogens with one attached hydrogen (secondary N) is 1. The van der Waals surface area contributed by atoms with Crippen LogP contribution in [0.5, 0.6) is 5.75 Å². The molecular formula is C25H39NO3S. The summed E-state index contributed by atoms with van der Waals surface area (Å²) in [6.45, 7) is 2.29. The Morgan fingerprint density at radius 3 is 2.17 bits per heavy atom. The fourth-order valence-corrected chi connectivity index (χ4v) is 4.05. The van der Waals surface area contributed by atoms with Crippen molar-refractivity contribution in [2.24, 2.45) is 0 Å². The van der Waals surface area contributed by atoms with Crippen LogP contribution < -0.4 is 5.32 Å². The Labute approximate surface area is 186 Å². The molecule has 0 saturated heterocycles. The molecule has 0 bridgehead atoms. The summed E-state index contributed by atoms with van der Waals surface area (Å²) < 4.78 is 0. The van der Waals surface area contributed by atoms with E-state index in [1.807, 2.05) is 18.2 Å². The van der Waals surface area contributed by atoms with Crippen LogP contribution in [-0.2, 0) is 9.59 Å². The van der Waals surface area contributed by atoms with Crippen molar-refractivity contribution in [3.05, 3.63) is 36.4 Å². The first kappa shape index (κ1) is 26.3. The number of para-hydroxylation sites is 1. The molecule has 0 atom stereocenters. The van der Waals surface area contributed by atoms with Crippen molar-refractivity contribution >= 4 is 23.5 Å². The SMILES string of the molecule is CCC(=O)C(=O)NCCCC/C=C\CCCCCCCCCSc1ccccc1O. The molecule has 0 aliphatic carbocycles. The maximum Gasteiger partial charge on any atom is 0.287 e. The number of Topliss-reactive ketones (excluding diaryl/α,β-unsaturated/α-hetero) is 1. The molecule has 5 heteroatoms. The zero-order valence-electron chi connectivity index (χ0n) is 18.5. The Morgan fingerprint density at radius 2 is 1.50 bits per heavy atom. The summed E-state index contributed by atoms with van der Waals surface area (Å²) in [5, 5.41) is 12.4. The average Bonchev–Trinajstić information content (AvgIpc) is 2.76. The molecule has 1 aromatic carbocycles. The molecule has 0 unspecified atom stereocenters. The molecule has 0 heterocycles.